The van der Waals surface area contributed by atoms with Crippen molar-refractivity contribution >= 4 is 17.2 Å². The first-order chi connectivity index (χ1) is 17.6. The number of anilines is 2. The molecule has 2 atom stereocenters. The molecule has 0 aromatic heterocycles. The fraction of sp³-hybridized carbons (Fsp3) is 0.300. The predicted molar refractivity (Wildman–Crippen MR) is 142 cm³/mol. The average molecular weight is 485 g/mol. The van der Waals surface area contributed by atoms with E-state index < -0.39 is 0 Å². The van der Waals surface area contributed by atoms with E-state index in [2.05, 4.69) is 29.7 Å². The van der Waals surface area contributed by atoms with Gasteiger partial charge in [-0.1, -0.05) is 31.2 Å². The number of benzene rings is 3. The Morgan fingerprint density at radius 3 is 2.36 bits per heavy atom. The molecule has 2 aliphatic rings. The fourth-order valence-corrected chi connectivity index (χ4v) is 5.07. The Morgan fingerprint density at radius 1 is 0.889 bits per heavy atom. The number of para-hydroxylation sites is 2. The summed E-state index contributed by atoms with van der Waals surface area (Å²) in [6, 6.07) is 21.6. The molecule has 2 N–H and O–H groups in total. The van der Waals surface area contributed by atoms with Crippen LogP contribution < -0.4 is 24.8 Å². The van der Waals surface area contributed by atoms with Crippen LogP contribution in [0.4, 0.5) is 11.4 Å². The van der Waals surface area contributed by atoms with Crippen molar-refractivity contribution in [2.24, 2.45) is 0 Å². The summed E-state index contributed by atoms with van der Waals surface area (Å²) in [6.45, 7) is 2.79. The molecule has 36 heavy (non-hydrogen) atoms. The monoisotopic (exact) mass is 484 g/mol. The molecule has 186 valence electrons. The van der Waals surface area contributed by atoms with Crippen LogP contribution in [0.2, 0.25) is 0 Å². The van der Waals surface area contributed by atoms with Gasteiger partial charge in [0.1, 0.15) is 17.2 Å². The molecule has 3 aromatic carbocycles. The molecule has 6 heteroatoms. The number of methoxy groups -OCH3 is 2. The Hall–Kier alpha value is -3.93. The van der Waals surface area contributed by atoms with Gasteiger partial charge in [-0.15, -0.1) is 0 Å². The standard InChI is InChI=1S/C30H32N2O4/c1-4-15-36-21-11-9-19(10-12-21)20-16-26-29(27(33)17-20)30(32-25-8-6-5-7-24(25)31-26)23-14-13-22(34-2)18-28(23)35-3/h5-14,18,20,30-32H,4,15-17H2,1-3H3. The summed E-state index contributed by atoms with van der Waals surface area (Å²) in [5.41, 5.74) is 5.64. The molecular formula is C30H32N2O4. The summed E-state index contributed by atoms with van der Waals surface area (Å²) in [5, 5.41) is 7.22. The number of carbonyl (C=O) groups excluding carboxylic acids is 1. The van der Waals surface area contributed by atoms with Gasteiger partial charge in [-0.05, 0) is 60.7 Å². The van der Waals surface area contributed by atoms with Gasteiger partial charge < -0.3 is 24.8 Å². The van der Waals surface area contributed by atoms with E-state index in [4.69, 9.17) is 14.2 Å². The second-order valence-corrected chi connectivity index (χ2v) is 9.19. The number of carbonyl (C=O) groups is 1. The molecule has 2 unspecified atom stereocenters. The lowest BCUT2D eigenvalue weighted by atomic mass is 9.78. The van der Waals surface area contributed by atoms with Crippen molar-refractivity contribution in [3.05, 3.63) is 89.1 Å². The topological polar surface area (TPSA) is 68.8 Å². The summed E-state index contributed by atoms with van der Waals surface area (Å²) in [5.74, 6) is 2.46. The maximum Gasteiger partial charge on any atom is 0.163 e. The van der Waals surface area contributed by atoms with Crippen LogP contribution in [-0.4, -0.2) is 26.6 Å². The van der Waals surface area contributed by atoms with Crippen molar-refractivity contribution in [3.8, 4) is 17.2 Å². The van der Waals surface area contributed by atoms with Gasteiger partial charge in [0.15, 0.2) is 5.78 Å². The normalized spacial score (nSPS) is 18.8. The van der Waals surface area contributed by atoms with E-state index in [0.717, 1.165) is 52.4 Å². The molecule has 0 spiro atoms. The molecule has 1 aliphatic heterocycles. The van der Waals surface area contributed by atoms with Gasteiger partial charge in [-0.2, -0.15) is 0 Å². The molecule has 5 rings (SSSR count). The third-order valence-electron chi connectivity index (χ3n) is 6.88. The smallest absolute Gasteiger partial charge is 0.163 e. The van der Waals surface area contributed by atoms with E-state index in [1.165, 1.54) is 0 Å². The van der Waals surface area contributed by atoms with E-state index in [-0.39, 0.29) is 17.7 Å². The van der Waals surface area contributed by atoms with Crippen LogP contribution in [0, 0.1) is 0 Å². The third kappa shape index (κ3) is 4.63. The van der Waals surface area contributed by atoms with Gasteiger partial charge in [-0.25, -0.2) is 0 Å². The highest BCUT2D eigenvalue weighted by atomic mass is 16.5. The van der Waals surface area contributed by atoms with Crippen LogP contribution in [-0.2, 0) is 4.79 Å². The van der Waals surface area contributed by atoms with Crippen LogP contribution in [0.25, 0.3) is 0 Å². The molecule has 6 nitrogen and oxygen atoms in total. The number of ether oxygens (including phenoxy) is 3. The number of rotatable bonds is 7. The molecule has 0 amide bonds. The molecule has 3 aromatic rings. The van der Waals surface area contributed by atoms with Crippen molar-refractivity contribution < 1.29 is 19.0 Å². The second-order valence-electron chi connectivity index (χ2n) is 9.19. The van der Waals surface area contributed by atoms with Crippen molar-refractivity contribution in [1.29, 1.82) is 0 Å². The Balaban J connectivity index is 1.54. The number of hydrogen-bond donors (Lipinski definition) is 2. The maximum absolute atomic E-state index is 13.8. The largest absolute Gasteiger partial charge is 0.497 e. The van der Waals surface area contributed by atoms with Crippen molar-refractivity contribution in [2.75, 3.05) is 31.5 Å². The molecule has 0 saturated carbocycles. The highest BCUT2D eigenvalue weighted by Crippen LogP contribution is 2.46. The zero-order valence-corrected chi connectivity index (χ0v) is 21.0. The third-order valence-corrected chi connectivity index (χ3v) is 6.88. The average Bonchev–Trinajstić information content (AvgIpc) is 3.08. The van der Waals surface area contributed by atoms with Gasteiger partial charge in [0.2, 0.25) is 0 Å². The van der Waals surface area contributed by atoms with Gasteiger partial charge >= 0.3 is 0 Å². The van der Waals surface area contributed by atoms with Crippen LogP contribution in [0.15, 0.2) is 78.0 Å². The Labute approximate surface area is 212 Å². The van der Waals surface area contributed by atoms with Crippen LogP contribution in [0.3, 0.4) is 0 Å². The first-order valence-corrected chi connectivity index (χ1v) is 12.4. The summed E-state index contributed by atoms with van der Waals surface area (Å²) in [7, 11) is 3.27. The zero-order chi connectivity index (χ0) is 25.1. The fourth-order valence-electron chi connectivity index (χ4n) is 5.07. The maximum atomic E-state index is 13.8. The Morgan fingerprint density at radius 2 is 1.64 bits per heavy atom. The van der Waals surface area contributed by atoms with Crippen LogP contribution >= 0.6 is 0 Å². The van der Waals surface area contributed by atoms with E-state index in [0.29, 0.717) is 24.5 Å². The van der Waals surface area contributed by atoms with Crippen molar-refractivity contribution in [3.63, 3.8) is 0 Å². The van der Waals surface area contributed by atoms with Gasteiger partial charge in [0.05, 0.1) is 38.2 Å². The first kappa shape index (κ1) is 23.8. The lowest BCUT2D eigenvalue weighted by molar-refractivity contribution is -0.116. The Bertz CT molecular complexity index is 1280. The van der Waals surface area contributed by atoms with Gasteiger partial charge in [-0.3, -0.25) is 4.79 Å². The minimum Gasteiger partial charge on any atom is -0.497 e. The van der Waals surface area contributed by atoms with E-state index in [1.54, 1.807) is 14.2 Å². The molecule has 1 aliphatic carbocycles. The quantitative estimate of drug-likeness (QED) is 0.400. The highest BCUT2D eigenvalue weighted by Gasteiger charge is 2.37. The number of nitrogens with one attached hydrogen (secondary N) is 2. The zero-order valence-electron chi connectivity index (χ0n) is 21.0. The number of fused-ring (bicyclic) bond motifs is 1. The molecule has 0 fully saturated rings. The van der Waals surface area contributed by atoms with E-state index in [1.807, 2.05) is 54.6 Å². The SMILES string of the molecule is CCCOc1ccc(C2CC(=O)C3=C(C2)Nc2ccccc2NC3c2ccc(OC)cc2OC)cc1. The van der Waals surface area contributed by atoms with Gasteiger partial charge in [0, 0.05) is 29.3 Å². The summed E-state index contributed by atoms with van der Waals surface area (Å²) >= 11 is 0. The predicted octanol–water partition coefficient (Wildman–Crippen LogP) is 6.47. The second kappa shape index (κ2) is 10.4. The minimum atomic E-state index is -0.352. The lowest BCUT2D eigenvalue weighted by Crippen LogP contribution is -2.27. The van der Waals surface area contributed by atoms with E-state index >= 15 is 0 Å². The number of ketones is 1. The summed E-state index contributed by atoms with van der Waals surface area (Å²) < 4.78 is 16.9. The van der Waals surface area contributed by atoms with Crippen molar-refractivity contribution in [2.45, 2.75) is 38.1 Å². The molecule has 0 radical (unpaired) electrons. The number of hydrogen-bond acceptors (Lipinski definition) is 6. The Kier molecular flexibility index (Phi) is 6.85. The highest BCUT2D eigenvalue weighted by molar-refractivity contribution is 6.01. The molecule has 1 heterocycles. The summed E-state index contributed by atoms with van der Waals surface area (Å²) in [6.07, 6.45) is 2.15. The summed E-state index contributed by atoms with van der Waals surface area (Å²) in [4.78, 5) is 13.8. The molecule has 0 saturated heterocycles. The first-order valence-electron chi connectivity index (χ1n) is 12.4. The minimum absolute atomic E-state index is 0.0904. The van der Waals surface area contributed by atoms with Crippen LogP contribution in [0.5, 0.6) is 17.2 Å². The lowest BCUT2D eigenvalue weighted by Gasteiger charge is -2.30. The molecule has 0 bridgehead atoms. The van der Waals surface area contributed by atoms with Crippen molar-refractivity contribution in [1.82, 2.24) is 0 Å². The molecular weight excluding hydrogens is 452 g/mol. The van der Waals surface area contributed by atoms with E-state index in [9.17, 15) is 4.79 Å². The van der Waals surface area contributed by atoms with Crippen LogP contribution in [0.1, 0.15) is 49.3 Å². The van der Waals surface area contributed by atoms with Gasteiger partial charge in [0.25, 0.3) is 0 Å². The number of allylic oxidation sites excluding steroid dienone is 1. The number of Topliss-reactive ketones (excluding diaryl/α,β-unsaturated/α-hetero) is 1.